The molecule has 150 valence electrons. The van der Waals surface area contributed by atoms with Crippen LogP contribution in [-0.4, -0.2) is 35.0 Å². The van der Waals surface area contributed by atoms with Crippen LogP contribution in [0.5, 0.6) is 11.5 Å². The van der Waals surface area contributed by atoms with E-state index < -0.39 is 12.6 Å². The molecule has 2 aromatic carbocycles. The van der Waals surface area contributed by atoms with Gasteiger partial charge < -0.3 is 14.6 Å². The molecule has 0 radical (unpaired) electrons. The number of amides is 1. The van der Waals surface area contributed by atoms with Crippen molar-refractivity contribution in [3.05, 3.63) is 56.9 Å². The highest BCUT2D eigenvalue weighted by atomic mass is 35.5. The Bertz CT molecular complexity index is 1040. The van der Waals surface area contributed by atoms with E-state index in [4.69, 9.17) is 50.0 Å². The fourth-order valence-corrected chi connectivity index (χ4v) is 4.34. The monoisotopic (exact) mass is 469 g/mol. The molecule has 1 N–H and O–H groups in total. The highest BCUT2D eigenvalue weighted by Crippen LogP contribution is 2.41. The number of ether oxygens (including phenoxy) is 2. The van der Waals surface area contributed by atoms with E-state index in [0.717, 1.165) is 11.8 Å². The number of halogens is 2. The molecule has 29 heavy (non-hydrogen) atoms. The van der Waals surface area contributed by atoms with Gasteiger partial charge in [0.05, 0.1) is 22.7 Å². The van der Waals surface area contributed by atoms with Gasteiger partial charge in [-0.05, 0) is 30.3 Å². The third kappa shape index (κ3) is 4.67. The van der Waals surface area contributed by atoms with Gasteiger partial charge >= 0.3 is 5.97 Å². The number of aliphatic carboxylic acids is 1. The fraction of sp³-hybridized carbons (Fsp3) is 0.105. The first-order valence-electron chi connectivity index (χ1n) is 8.06. The number of hydrogen-bond acceptors (Lipinski definition) is 6. The molecule has 0 aliphatic carbocycles. The van der Waals surface area contributed by atoms with Crippen LogP contribution in [0.1, 0.15) is 5.56 Å². The molecule has 1 fully saturated rings. The van der Waals surface area contributed by atoms with Gasteiger partial charge in [0.2, 0.25) is 0 Å². The third-order valence-electron chi connectivity index (χ3n) is 3.80. The minimum atomic E-state index is -1.13. The van der Waals surface area contributed by atoms with E-state index >= 15 is 0 Å². The van der Waals surface area contributed by atoms with Crippen LogP contribution in [0.2, 0.25) is 10.0 Å². The van der Waals surface area contributed by atoms with Crippen molar-refractivity contribution in [3.63, 3.8) is 0 Å². The van der Waals surface area contributed by atoms with Crippen molar-refractivity contribution in [3.8, 4) is 11.5 Å². The molecule has 1 aliphatic rings. The van der Waals surface area contributed by atoms with Crippen molar-refractivity contribution in [2.75, 3.05) is 18.6 Å². The Morgan fingerprint density at radius 1 is 1.31 bits per heavy atom. The summed E-state index contributed by atoms with van der Waals surface area (Å²) in [4.78, 5) is 25.5. The summed E-state index contributed by atoms with van der Waals surface area (Å²) in [5.41, 5.74) is 0.906. The number of anilines is 1. The van der Waals surface area contributed by atoms with Crippen molar-refractivity contribution in [1.82, 2.24) is 0 Å². The lowest BCUT2D eigenvalue weighted by molar-refractivity contribution is -0.139. The van der Waals surface area contributed by atoms with Gasteiger partial charge in [0, 0.05) is 10.6 Å². The maximum Gasteiger partial charge on any atom is 0.341 e. The predicted molar refractivity (Wildman–Crippen MR) is 118 cm³/mol. The second kappa shape index (κ2) is 9.04. The molecule has 10 heteroatoms. The minimum Gasteiger partial charge on any atom is -0.493 e. The summed E-state index contributed by atoms with van der Waals surface area (Å²) in [7, 11) is 1.44. The number of benzene rings is 2. The number of carbonyl (C=O) groups is 2. The SMILES string of the molecule is COc1cccc(/C=C2\SC(=S)N(c3ccc(Cl)cc3Cl)C2=O)c1OCC(=O)O. The average molecular weight is 470 g/mol. The van der Waals surface area contributed by atoms with Crippen LogP contribution in [0, 0.1) is 0 Å². The molecule has 0 aromatic heterocycles. The number of nitrogens with zero attached hydrogens (tertiary/aromatic N) is 1. The Morgan fingerprint density at radius 2 is 2.07 bits per heavy atom. The van der Waals surface area contributed by atoms with Gasteiger partial charge in [-0.3, -0.25) is 9.69 Å². The summed E-state index contributed by atoms with van der Waals surface area (Å²) in [5, 5.41) is 9.65. The normalized spacial score (nSPS) is 15.1. The second-order valence-electron chi connectivity index (χ2n) is 5.67. The van der Waals surface area contributed by atoms with Crippen LogP contribution < -0.4 is 14.4 Å². The van der Waals surface area contributed by atoms with Gasteiger partial charge in [-0.2, -0.15) is 0 Å². The molecule has 0 unspecified atom stereocenters. The first-order chi connectivity index (χ1) is 13.8. The van der Waals surface area contributed by atoms with E-state index in [1.54, 1.807) is 36.4 Å². The standard InChI is InChI=1S/C19H13Cl2NO5S2/c1-26-14-4-2-3-10(17(14)27-9-16(23)24)7-15-18(25)22(19(28)29-15)13-6-5-11(20)8-12(13)21/h2-8H,9H2,1H3,(H,23,24)/b15-7-. The van der Waals surface area contributed by atoms with E-state index in [2.05, 4.69) is 0 Å². The zero-order chi connectivity index (χ0) is 21.1. The van der Waals surface area contributed by atoms with Gasteiger partial charge in [0.1, 0.15) is 0 Å². The Balaban J connectivity index is 1.98. The van der Waals surface area contributed by atoms with E-state index in [-0.39, 0.29) is 11.7 Å². The highest BCUT2D eigenvalue weighted by molar-refractivity contribution is 8.27. The van der Waals surface area contributed by atoms with Gasteiger partial charge in [-0.15, -0.1) is 0 Å². The largest absolute Gasteiger partial charge is 0.493 e. The zero-order valence-corrected chi connectivity index (χ0v) is 18.0. The number of carboxylic acid groups (broad SMARTS) is 1. The van der Waals surface area contributed by atoms with Crippen molar-refractivity contribution in [1.29, 1.82) is 0 Å². The fourth-order valence-electron chi connectivity index (χ4n) is 2.57. The van der Waals surface area contributed by atoms with E-state index in [1.807, 2.05) is 0 Å². The Kier molecular flexibility index (Phi) is 6.69. The molecular weight excluding hydrogens is 457 g/mol. The van der Waals surface area contributed by atoms with Crippen LogP contribution in [0.3, 0.4) is 0 Å². The highest BCUT2D eigenvalue weighted by Gasteiger charge is 2.34. The smallest absolute Gasteiger partial charge is 0.341 e. The van der Waals surface area contributed by atoms with Gasteiger partial charge in [0.15, 0.2) is 22.4 Å². The molecule has 0 atom stereocenters. The number of methoxy groups -OCH3 is 1. The number of thiocarbonyl (C=S) groups is 1. The summed E-state index contributed by atoms with van der Waals surface area (Å²) in [6.45, 7) is -0.553. The Labute approximate surface area is 186 Å². The molecule has 1 heterocycles. The molecule has 0 bridgehead atoms. The van der Waals surface area contributed by atoms with Crippen molar-refractivity contribution in [2.45, 2.75) is 0 Å². The number of thioether (sulfide) groups is 1. The maximum absolute atomic E-state index is 13.0. The van der Waals surface area contributed by atoms with Crippen LogP contribution in [-0.2, 0) is 9.59 Å². The third-order valence-corrected chi connectivity index (χ3v) is 5.64. The average Bonchev–Trinajstić information content (AvgIpc) is 2.94. The number of carbonyl (C=O) groups excluding carboxylic acids is 1. The second-order valence-corrected chi connectivity index (χ2v) is 8.19. The molecule has 1 aliphatic heterocycles. The molecule has 1 saturated heterocycles. The van der Waals surface area contributed by atoms with Crippen LogP contribution in [0.4, 0.5) is 5.69 Å². The quantitative estimate of drug-likeness (QED) is 0.477. The molecule has 0 saturated carbocycles. The molecular formula is C19H13Cl2NO5S2. The topological polar surface area (TPSA) is 76.1 Å². The molecule has 6 nitrogen and oxygen atoms in total. The van der Waals surface area contributed by atoms with E-state index in [0.29, 0.717) is 36.3 Å². The maximum atomic E-state index is 13.0. The lowest BCUT2D eigenvalue weighted by Gasteiger charge is -2.16. The van der Waals surface area contributed by atoms with Crippen molar-refractivity contribution >= 4 is 75.1 Å². The van der Waals surface area contributed by atoms with Crippen molar-refractivity contribution < 1.29 is 24.2 Å². The molecule has 1 amide bonds. The number of para-hydroxylation sites is 1. The molecule has 3 rings (SSSR count). The summed E-state index contributed by atoms with van der Waals surface area (Å²) < 4.78 is 10.9. The van der Waals surface area contributed by atoms with E-state index in [1.165, 1.54) is 18.1 Å². The Hall–Kier alpha value is -2.26. The molecule has 0 spiro atoms. The summed E-state index contributed by atoms with van der Waals surface area (Å²) in [6.07, 6.45) is 1.57. The number of hydrogen-bond donors (Lipinski definition) is 1. The van der Waals surface area contributed by atoms with E-state index in [9.17, 15) is 9.59 Å². The van der Waals surface area contributed by atoms with Crippen LogP contribution >= 0.6 is 47.2 Å². The first-order valence-corrected chi connectivity index (χ1v) is 10.0. The van der Waals surface area contributed by atoms with Gasteiger partial charge in [0.25, 0.3) is 5.91 Å². The van der Waals surface area contributed by atoms with Crippen LogP contribution in [0.25, 0.3) is 6.08 Å². The Morgan fingerprint density at radius 3 is 2.72 bits per heavy atom. The summed E-state index contributed by atoms with van der Waals surface area (Å²) in [6, 6.07) is 9.78. The lowest BCUT2D eigenvalue weighted by atomic mass is 10.1. The molecule has 2 aromatic rings. The first kappa shape index (κ1) is 21.4. The number of carboxylic acids is 1. The van der Waals surface area contributed by atoms with Gasteiger partial charge in [-0.1, -0.05) is 59.3 Å². The van der Waals surface area contributed by atoms with Crippen LogP contribution in [0.15, 0.2) is 41.3 Å². The summed E-state index contributed by atoms with van der Waals surface area (Å²) in [5.74, 6) is -0.940. The van der Waals surface area contributed by atoms with Crippen molar-refractivity contribution in [2.24, 2.45) is 0 Å². The van der Waals surface area contributed by atoms with Gasteiger partial charge in [-0.25, -0.2) is 4.79 Å². The minimum absolute atomic E-state index is 0.215. The lowest BCUT2D eigenvalue weighted by Crippen LogP contribution is -2.27. The predicted octanol–water partition coefficient (Wildman–Crippen LogP) is 4.87. The number of rotatable bonds is 6. The summed E-state index contributed by atoms with van der Waals surface area (Å²) >= 11 is 18.6. The zero-order valence-electron chi connectivity index (χ0n) is 14.8.